The van der Waals surface area contributed by atoms with Crippen LogP contribution < -0.4 is 5.32 Å². The van der Waals surface area contributed by atoms with Gasteiger partial charge in [0, 0.05) is 48.8 Å². The molecule has 1 atom stereocenters. The van der Waals surface area contributed by atoms with Crippen LogP contribution in [0.4, 0.5) is 5.69 Å². The normalized spacial score (nSPS) is 14.7. The van der Waals surface area contributed by atoms with Crippen molar-refractivity contribution in [2.45, 2.75) is 52.0 Å². The van der Waals surface area contributed by atoms with E-state index in [1.165, 1.54) is 4.90 Å². The average molecular weight is 517 g/mol. The first-order valence-corrected chi connectivity index (χ1v) is 13.3. The lowest BCUT2D eigenvalue weighted by atomic mass is 9.80. The molecule has 1 aromatic heterocycles. The molecule has 0 saturated heterocycles. The number of nitrogens with zero attached hydrogens (tertiary/aromatic N) is 1. The molecule has 1 fully saturated rings. The van der Waals surface area contributed by atoms with Gasteiger partial charge in [-0.25, -0.2) is 0 Å². The Morgan fingerprint density at radius 2 is 1.76 bits per heavy atom. The van der Waals surface area contributed by atoms with Crippen molar-refractivity contribution in [3.8, 4) is 11.3 Å². The molecule has 4 rings (SSSR count). The fourth-order valence-electron chi connectivity index (χ4n) is 5.00. The number of rotatable bonds is 10. The van der Waals surface area contributed by atoms with Crippen LogP contribution in [-0.4, -0.2) is 42.8 Å². The molecule has 0 aliphatic heterocycles. The minimum Gasteiger partial charge on any atom is -0.466 e. The van der Waals surface area contributed by atoms with Crippen molar-refractivity contribution in [1.29, 1.82) is 0 Å². The lowest BCUT2D eigenvalue weighted by Gasteiger charge is -2.31. The van der Waals surface area contributed by atoms with Crippen molar-refractivity contribution < 1.29 is 23.5 Å². The molecule has 7 heteroatoms. The number of anilines is 1. The van der Waals surface area contributed by atoms with Crippen LogP contribution in [0.1, 0.15) is 66.8 Å². The number of hydrogen-bond donors (Lipinski definition) is 1. The Morgan fingerprint density at radius 3 is 2.42 bits per heavy atom. The van der Waals surface area contributed by atoms with Crippen LogP contribution >= 0.6 is 0 Å². The summed E-state index contributed by atoms with van der Waals surface area (Å²) < 4.78 is 11.1. The Kier molecular flexibility index (Phi) is 9.00. The van der Waals surface area contributed by atoms with E-state index in [-0.39, 0.29) is 30.3 Å². The number of ether oxygens (including phenoxy) is 1. The number of carbonyl (C=O) groups excluding carboxylic acids is 3. The van der Waals surface area contributed by atoms with Crippen LogP contribution in [0.25, 0.3) is 11.3 Å². The predicted molar refractivity (Wildman–Crippen MR) is 147 cm³/mol. The number of hydrogen-bond acceptors (Lipinski definition) is 6. The molecule has 1 unspecified atom stereocenters. The fourth-order valence-corrected chi connectivity index (χ4v) is 5.00. The van der Waals surface area contributed by atoms with Crippen LogP contribution in [0.15, 0.2) is 65.1 Å². The summed E-state index contributed by atoms with van der Waals surface area (Å²) in [5, 5.41) is 3.68. The van der Waals surface area contributed by atoms with Crippen LogP contribution in [0.3, 0.4) is 0 Å². The first kappa shape index (κ1) is 27.2. The quantitative estimate of drug-likeness (QED) is 0.323. The molecule has 1 aliphatic rings. The van der Waals surface area contributed by atoms with Crippen LogP contribution in [0.5, 0.6) is 0 Å². The minimum atomic E-state index is -0.313. The fraction of sp³-hybridized carbons (Fsp3) is 0.387. The summed E-state index contributed by atoms with van der Waals surface area (Å²) in [6.07, 6.45) is 3.00. The van der Waals surface area contributed by atoms with E-state index in [9.17, 15) is 14.4 Å². The summed E-state index contributed by atoms with van der Waals surface area (Å²) >= 11 is 0. The largest absolute Gasteiger partial charge is 0.466 e. The van der Waals surface area contributed by atoms with Gasteiger partial charge in [-0.1, -0.05) is 30.3 Å². The molecule has 2 aromatic carbocycles. The first-order chi connectivity index (χ1) is 18.4. The Balaban J connectivity index is 1.51. The molecule has 1 heterocycles. The summed E-state index contributed by atoms with van der Waals surface area (Å²) in [5.41, 5.74) is 3.54. The number of carbonyl (C=O) groups is 3. The molecule has 1 amide bonds. The van der Waals surface area contributed by atoms with Gasteiger partial charge in [-0.05, 0) is 62.9 Å². The third kappa shape index (κ3) is 6.71. The van der Waals surface area contributed by atoms with Gasteiger partial charge in [-0.3, -0.25) is 14.4 Å². The highest BCUT2D eigenvalue weighted by molar-refractivity contribution is 5.94. The van der Waals surface area contributed by atoms with E-state index in [0.717, 1.165) is 41.2 Å². The number of Topliss-reactive ketones (excluding diaryl/α,β-unsaturated/α-hetero) is 1. The average Bonchev–Trinajstić information content (AvgIpc) is 3.32. The van der Waals surface area contributed by atoms with Gasteiger partial charge in [0.1, 0.15) is 17.3 Å². The number of amides is 1. The molecule has 1 aliphatic carbocycles. The number of nitrogens with one attached hydrogen (secondary N) is 1. The summed E-state index contributed by atoms with van der Waals surface area (Å²) in [6.45, 7) is 4.37. The van der Waals surface area contributed by atoms with E-state index in [0.29, 0.717) is 37.3 Å². The molecule has 7 nitrogen and oxygen atoms in total. The third-order valence-electron chi connectivity index (χ3n) is 7.17. The highest BCUT2D eigenvalue weighted by Crippen LogP contribution is 2.39. The predicted octanol–water partition coefficient (Wildman–Crippen LogP) is 6.19. The molecule has 0 bridgehead atoms. The molecular weight excluding hydrogens is 480 g/mol. The van der Waals surface area contributed by atoms with E-state index in [1.54, 1.807) is 26.1 Å². The highest BCUT2D eigenvalue weighted by Gasteiger charge is 2.30. The zero-order valence-electron chi connectivity index (χ0n) is 22.4. The van der Waals surface area contributed by atoms with Gasteiger partial charge < -0.3 is 19.4 Å². The summed E-state index contributed by atoms with van der Waals surface area (Å²) in [4.78, 5) is 38.0. The van der Waals surface area contributed by atoms with Gasteiger partial charge in [0.15, 0.2) is 0 Å². The molecule has 3 aromatic rings. The van der Waals surface area contributed by atoms with Gasteiger partial charge in [-0.15, -0.1) is 0 Å². The molecule has 1 N–H and O–H groups in total. The number of aryl methyl sites for hydroxylation is 1. The summed E-state index contributed by atoms with van der Waals surface area (Å²) in [6, 6.07) is 19.5. The number of benzene rings is 2. The van der Waals surface area contributed by atoms with Crippen molar-refractivity contribution in [2.75, 3.05) is 25.5 Å². The number of esters is 1. The Hall–Kier alpha value is -3.87. The van der Waals surface area contributed by atoms with Gasteiger partial charge in [0.25, 0.3) is 5.91 Å². The SMILES string of the molecule is CCOC(=O)CCN(C)C(=O)c1ccc(NC(c2cc(-c3ccccc3)oc2C)C2CCC(=O)CC2)cc1. The Bertz CT molecular complexity index is 1240. The van der Waals surface area contributed by atoms with Crippen LogP contribution in [0, 0.1) is 12.8 Å². The smallest absolute Gasteiger partial charge is 0.307 e. The van der Waals surface area contributed by atoms with Crippen molar-refractivity contribution in [3.05, 3.63) is 77.6 Å². The van der Waals surface area contributed by atoms with Crippen LogP contribution in [0.2, 0.25) is 0 Å². The third-order valence-corrected chi connectivity index (χ3v) is 7.17. The summed E-state index contributed by atoms with van der Waals surface area (Å²) in [7, 11) is 1.68. The first-order valence-electron chi connectivity index (χ1n) is 13.3. The van der Waals surface area contributed by atoms with Gasteiger partial charge in [0.05, 0.1) is 19.1 Å². The second-order valence-corrected chi connectivity index (χ2v) is 9.85. The zero-order valence-corrected chi connectivity index (χ0v) is 22.4. The Morgan fingerprint density at radius 1 is 1.08 bits per heavy atom. The topological polar surface area (TPSA) is 88.8 Å². The molecule has 200 valence electrons. The zero-order chi connectivity index (χ0) is 27.1. The van der Waals surface area contributed by atoms with E-state index < -0.39 is 0 Å². The second-order valence-electron chi connectivity index (χ2n) is 9.85. The lowest BCUT2D eigenvalue weighted by molar-refractivity contribution is -0.143. The minimum absolute atomic E-state index is 0.0295. The van der Waals surface area contributed by atoms with Crippen molar-refractivity contribution in [3.63, 3.8) is 0 Å². The number of furan rings is 1. The van der Waals surface area contributed by atoms with Crippen molar-refractivity contribution in [2.24, 2.45) is 5.92 Å². The van der Waals surface area contributed by atoms with Crippen molar-refractivity contribution >= 4 is 23.3 Å². The lowest BCUT2D eigenvalue weighted by Crippen LogP contribution is -2.29. The van der Waals surface area contributed by atoms with E-state index in [2.05, 4.69) is 11.4 Å². The van der Waals surface area contributed by atoms with E-state index in [1.807, 2.05) is 49.4 Å². The van der Waals surface area contributed by atoms with Crippen LogP contribution in [-0.2, 0) is 14.3 Å². The molecule has 1 saturated carbocycles. The maximum absolute atomic E-state index is 12.8. The number of ketones is 1. The monoisotopic (exact) mass is 516 g/mol. The molecule has 0 radical (unpaired) electrons. The van der Waals surface area contributed by atoms with E-state index in [4.69, 9.17) is 9.15 Å². The second kappa shape index (κ2) is 12.6. The van der Waals surface area contributed by atoms with Gasteiger partial charge >= 0.3 is 5.97 Å². The maximum atomic E-state index is 12.8. The summed E-state index contributed by atoms with van der Waals surface area (Å²) in [5.74, 6) is 1.82. The van der Waals surface area contributed by atoms with Gasteiger partial charge in [0.2, 0.25) is 0 Å². The Labute approximate surface area is 224 Å². The molecular formula is C31H36N2O5. The van der Waals surface area contributed by atoms with E-state index >= 15 is 0 Å². The molecule has 38 heavy (non-hydrogen) atoms. The maximum Gasteiger partial charge on any atom is 0.307 e. The van der Waals surface area contributed by atoms with Gasteiger partial charge in [-0.2, -0.15) is 0 Å². The van der Waals surface area contributed by atoms with Crippen molar-refractivity contribution in [1.82, 2.24) is 4.90 Å². The highest BCUT2D eigenvalue weighted by atomic mass is 16.5. The molecule has 0 spiro atoms. The standard InChI is InChI=1S/C31H36N2O5/c1-4-37-29(35)18-19-33(3)31(36)24-10-14-25(15-11-24)32-30(23-12-16-26(34)17-13-23)27-20-28(38-21(27)2)22-8-6-5-7-9-22/h5-11,14-15,20,23,30,32H,4,12-13,16-19H2,1-3H3.